The van der Waals surface area contributed by atoms with E-state index < -0.39 is 0 Å². The molecule has 1 rings (SSSR count). The Kier molecular flexibility index (Phi) is 7.14. The number of hydrogen-bond acceptors (Lipinski definition) is 5. The van der Waals surface area contributed by atoms with Crippen LogP contribution in [0.15, 0.2) is 11.2 Å². The second kappa shape index (κ2) is 8.66. The monoisotopic (exact) mass is 281 g/mol. The quantitative estimate of drug-likeness (QED) is 0.343. The van der Waals surface area contributed by atoms with Crippen LogP contribution in [0.25, 0.3) is 6.08 Å². The van der Waals surface area contributed by atoms with E-state index in [0.29, 0.717) is 17.4 Å². The SMILES string of the molecule is COCCC/C=C\c1c(C)nc(SC)nc1NC=O. The number of aryl methyl sites for hydroxylation is 1. The fraction of sp³-hybridized carbons (Fsp3) is 0.462. The molecule has 0 radical (unpaired) electrons. The second-order valence-corrected chi connectivity index (χ2v) is 4.63. The summed E-state index contributed by atoms with van der Waals surface area (Å²) in [6.45, 7) is 2.65. The van der Waals surface area contributed by atoms with Crippen molar-refractivity contribution in [3.8, 4) is 0 Å². The highest BCUT2D eigenvalue weighted by molar-refractivity contribution is 7.98. The van der Waals surface area contributed by atoms with Gasteiger partial charge in [-0.2, -0.15) is 0 Å². The lowest BCUT2D eigenvalue weighted by Crippen LogP contribution is -2.04. The van der Waals surface area contributed by atoms with Crippen LogP contribution in [0.3, 0.4) is 0 Å². The average molecular weight is 281 g/mol. The summed E-state index contributed by atoms with van der Waals surface area (Å²) in [7, 11) is 1.69. The number of thioether (sulfide) groups is 1. The van der Waals surface area contributed by atoms with E-state index in [1.54, 1.807) is 7.11 Å². The third-order valence-corrected chi connectivity index (χ3v) is 3.05. The molecule has 0 atom stereocenters. The maximum atomic E-state index is 10.6. The van der Waals surface area contributed by atoms with Gasteiger partial charge in [0, 0.05) is 19.3 Å². The van der Waals surface area contributed by atoms with Crippen LogP contribution in [0, 0.1) is 6.92 Å². The molecule has 0 aromatic carbocycles. The zero-order valence-electron chi connectivity index (χ0n) is 11.5. The third-order valence-electron chi connectivity index (χ3n) is 2.50. The minimum absolute atomic E-state index is 0.551. The lowest BCUT2D eigenvalue weighted by atomic mass is 10.2. The van der Waals surface area contributed by atoms with Crippen molar-refractivity contribution in [2.24, 2.45) is 0 Å². The number of aromatic nitrogens is 2. The molecule has 6 heteroatoms. The van der Waals surface area contributed by atoms with E-state index >= 15 is 0 Å². The number of anilines is 1. The largest absolute Gasteiger partial charge is 0.385 e. The summed E-state index contributed by atoms with van der Waals surface area (Å²) in [5.41, 5.74) is 1.70. The Labute approximate surface area is 117 Å². The van der Waals surface area contributed by atoms with E-state index in [4.69, 9.17) is 4.74 Å². The topological polar surface area (TPSA) is 64.1 Å². The highest BCUT2D eigenvalue weighted by atomic mass is 32.2. The summed E-state index contributed by atoms with van der Waals surface area (Å²) in [5, 5.41) is 3.27. The molecule has 1 aromatic heterocycles. The number of nitrogens with zero attached hydrogens (tertiary/aromatic N) is 2. The van der Waals surface area contributed by atoms with Gasteiger partial charge in [0.15, 0.2) is 5.16 Å². The summed E-state index contributed by atoms with van der Waals surface area (Å²) in [6.07, 6.45) is 8.40. The average Bonchev–Trinajstić information content (AvgIpc) is 2.41. The van der Waals surface area contributed by atoms with Crippen LogP contribution < -0.4 is 5.32 Å². The molecule has 0 saturated heterocycles. The minimum Gasteiger partial charge on any atom is -0.385 e. The zero-order valence-corrected chi connectivity index (χ0v) is 12.3. The fourth-order valence-electron chi connectivity index (χ4n) is 1.56. The molecule has 0 saturated carbocycles. The smallest absolute Gasteiger partial charge is 0.212 e. The number of allylic oxidation sites excluding steroid dienone is 1. The summed E-state index contributed by atoms with van der Waals surface area (Å²) in [4.78, 5) is 19.3. The number of hydrogen-bond donors (Lipinski definition) is 1. The van der Waals surface area contributed by atoms with Crippen molar-refractivity contribution in [1.29, 1.82) is 0 Å². The maximum absolute atomic E-state index is 10.6. The van der Waals surface area contributed by atoms with Crippen molar-refractivity contribution in [2.45, 2.75) is 24.9 Å². The van der Waals surface area contributed by atoms with Gasteiger partial charge in [-0.3, -0.25) is 4.79 Å². The fourth-order valence-corrected chi connectivity index (χ4v) is 1.97. The van der Waals surface area contributed by atoms with Crippen molar-refractivity contribution in [1.82, 2.24) is 9.97 Å². The first kappa shape index (κ1) is 15.7. The molecule has 0 fully saturated rings. The van der Waals surface area contributed by atoms with Crippen LogP contribution >= 0.6 is 11.8 Å². The van der Waals surface area contributed by atoms with Gasteiger partial charge in [0.05, 0.1) is 5.69 Å². The second-order valence-electron chi connectivity index (χ2n) is 3.86. The predicted octanol–water partition coefficient (Wildman–Crippen LogP) is 2.52. The first-order chi connectivity index (χ1) is 9.22. The number of carbonyl (C=O) groups is 1. The Morgan fingerprint density at radius 2 is 2.21 bits per heavy atom. The van der Waals surface area contributed by atoms with Crippen LogP contribution in [-0.4, -0.2) is 36.4 Å². The highest BCUT2D eigenvalue weighted by Gasteiger charge is 2.08. The van der Waals surface area contributed by atoms with Crippen LogP contribution in [0.1, 0.15) is 24.1 Å². The molecule has 5 nitrogen and oxygen atoms in total. The molecule has 1 N–H and O–H groups in total. The van der Waals surface area contributed by atoms with Crippen LogP contribution in [0.5, 0.6) is 0 Å². The molecule has 0 aliphatic carbocycles. The summed E-state index contributed by atoms with van der Waals surface area (Å²) in [5.74, 6) is 0.551. The Morgan fingerprint density at radius 1 is 1.42 bits per heavy atom. The van der Waals surface area contributed by atoms with Gasteiger partial charge in [-0.15, -0.1) is 0 Å². The first-order valence-corrected chi connectivity index (χ1v) is 7.23. The Morgan fingerprint density at radius 3 is 2.84 bits per heavy atom. The third kappa shape index (κ3) is 5.00. The van der Waals surface area contributed by atoms with Gasteiger partial charge in [-0.1, -0.05) is 23.9 Å². The molecule has 0 spiro atoms. The van der Waals surface area contributed by atoms with Gasteiger partial charge in [-0.05, 0) is 26.0 Å². The normalized spacial score (nSPS) is 10.9. The number of unbranched alkanes of at least 4 members (excludes halogenated alkanes) is 1. The molecule has 1 heterocycles. The Bertz CT molecular complexity index is 450. The number of amides is 1. The van der Waals surface area contributed by atoms with Gasteiger partial charge < -0.3 is 10.1 Å². The number of carbonyl (C=O) groups excluding carboxylic acids is 1. The Hall–Kier alpha value is -1.40. The maximum Gasteiger partial charge on any atom is 0.212 e. The zero-order chi connectivity index (χ0) is 14.1. The number of rotatable bonds is 8. The molecule has 1 aromatic rings. The molecule has 0 aliphatic heterocycles. The van der Waals surface area contributed by atoms with Gasteiger partial charge in [0.1, 0.15) is 5.82 Å². The van der Waals surface area contributed by atoms with E-state index in [1.807, 2.05) is 25.3 Å². The van der Waals surface area contributed by atoms with Gasteiger partial charge in [0.2, 0.25) is 6.41 Å². The van der Waals surface area contributed by atoms with E-state index in [-0.39, 0.29) is 0 Å². The number of methoxy groups -OCH3 is 1. The molecule has 104 valence electrons. The summed E-state index contributed by atoms with van der Waals surface area (Å²) >= 11 is 1.45. The standard InChI is InChI=1S/C13H19N3O2S/c1-10-11(7-5-4-6-8-18-2)12(14-9-17)16-13(15-10)19-3/h5,7,9H,4,6,8H2,1-3H3,(H,14,15,16,17)/b7-5-. The highest BCUT2D eigenvalue weighted by Crippen LogP contribution is 2.21. The molecule has 0 aliphatic rings. The summed E-state index contributed by atoms with van der Waals surface area (Å²) in [6, 6.07) is 0. The van der Waals surface area contributed by atoms with Gasteiger partial charge in [-0.25, -0.2) is 9.97 Å². The van der Waals surface area contributed by atoms with Crippen molar-refractivity contribution >= 4 is 30.1 Å². The van der Waals surface area contributed by atoms with Crippen LogP contribution in [0.2, 0.25) is 0 Å². The lowest BCUT2D eigenvalue weighted by molar-refractivity contribution is -0.105. The van der Waals surface area contributed by atoms with Crippen LogP contribution in [-0.2, 0) is 9.53 Å². The molecule has 0 unspecified atom stereocenters. The molecular formula is C13H19N3O2S. The van der Waals surface area contributed by atoms with E-state index in [2.05, 4.69) is 15.3 Å². The lowest BCUT2D eigenvalue weighted by Gasteiger charge is -2.08. The molecule has 19 heavy (non-hydrogen) atoms. The predicted molar refractivity (Wildman–Crippen MR) is 78.4 cm³/mol. The summed E-state index contributed by atoms with van der Waals surface area (Å²) < 4.78 is 4.99. The van der Waals surface area contributed by atoms with Crippen LogP contribution in [0.4, 0.5) is 5.82 Å². The number of ether oxygens (including phenoxy) is 1. The number of nitrogens with one attached hydrogen (secondary N) is 1. The van der Waals surface area contributed by atoms with Gasteiger partial charge >= 0.3 is 0 Å². The van der Waals surface area contributed by atoms with Crippen molar-refractivity contribution in [2.75, 3.05) is 25.3 Å². The Balaban J connectivity index is 2.88. The van der Waals surface area contributed by atoms with E-state index in [0.717, 1.165) is 30.7 Å². The molecular weight excluding hydrogens is 262 g/mol. The molecule has 0 bridgehead atoms. The van der Waals surface area contributed by atoms with Gasteiger partial charge in [0.25, 0.3) is 0 Å². The van der Waals surface area contributed by atoms with Crippen molar-refractivity contribution < 1.29 is 9.53 Å². The van der Waals surface area contributed by atoms with Crippen molar-refractivity contribution in [3.63, 3.8) is 0 Å². The van der Waals surface area contributed by atoms with Crippen molar-refractivity contribution in [3.05, 3.63) is 17.3 Å². The van der Waals surface area contributed by atoms with E-state index in [9.17, 15) is 4.79 Å². The first-order valence-electron chi connectivity index (χ1n) is 6.01. The minimum atomic E-state index is 0.551. The van der Waals surface area contributed by atoms with E-state index in [1.165, 1.54) is 11.8 Å². The molecule has 1 amide bonds.